The molecule has 1 saturated heterocycles. The molecule has 116 valence electrons. The Labute approximate surface area is 124 Å². The lowest BCUT2D eigenvalue weighted by Gasteiger charge is -2.34. The lowest BCUT2D eigenvalue weighted by molar-refractivity contribution is -0.129. The minimum atomic E-state index is -0.337. The molecule has 1 aliphatic heterocycles. The van der Waals surface area contributed by atoms with Gasteiger partial charge < -0.3 is 15.4 Å². The fourth-order valence-corrected chi connectivity index (χ4v) is 2.45. The first-order valence-corrected chi connectivity index (χ1v) is 7.10. The number of carbonyl (C=O) groups excluding carboxylic acids is 1. The van der Waals surface area contributed by atoms with Crippen LogP contribution in [0.5, 0.6) is 0 Å². The smallest absolute Gasteiger partial charge is 0.237 e. The number of nitrogens with two attached hydrogens (primary N) is 1. The van der Waals surface area contributed by atoms with Gasteiger partial charge in [-0.05, 0) is 24.7 Å². The summed E-state index contributed by atoms with van der Waals surface area (Å²) in [6, 6.07) is 6.17. The van der Waals surface area contributed by atoms with E-state index in [2.05, 4.69) is 9.80 Å². The molecule has 1 amide bonds. The first-order valence-electron chi connectivity index (χ1n) is 7.10. The van der Waals surface area contributed by atoms with Crippen LogP contribution in [-0.2, 0) is 16.1 Å². The molecular formula is C15H22FN3O2. The van der Waals surface area contributed by atoms with E-state index in [0.717, 1.165) is 31.7 Å². The lowest BCUT2D eigenvalue weighted by Crippen LogP contribution is -2.53. The number of ether oxygens (including phenoxy) is 1. The minimum absolute atomic E-state index is 0.223. The standard InChI is InChI=1S/C15H22FN3O2/c1-18(10-12-2-4-13(16)5-3-12)6-7-19-8-9-21-11-14(19)15(17)20/h2-5,14H,6-11H2,1H3,(H2,17,20)/t14-/m1/s1. The first kappa shape index (κ1) is 15.9. The number of carbonyl (C=O) groups is 1. The van der Waals surface area contributed by atoms with E-state index in [1.807, 2.05) is 7.05 Å². The number of benzene rings is 1. The quantitative estimate of drug-likeness (QED) is 0.827. The predicted octanol–water partition coefficient (Wildman–Crippen LogP) is 0.444. The van der Waals surface area contributed by atoms with Gasteiger partial charge in [0.1, 0.15) is 11.9 Å². The van der Waals surface area contributed by atoms with Crippen LogP contribution in [0.3, 0.4) is 0 Å². The molecule has 0 spiro atoms. The highest BCUT2D eigenvalue weighted by molar-refractivity contribution is 5.80. The molecule has 5 nitrogen and oxygen atoms in total. The topological polar surface area (TPSA) is 58.8 Å². The Hall–Kier alpha value is -1.50. The molecule has 0 saturated carbocycles. The molecule has 1 heterocycles. The van der Waals surface area contributed by atoms with Crippen LogP contribution in [0.4, 0.5) is 4.39 Å². The van der Waals surface area contributed by atoms with E-state index < -0.39 is 0 Å². The molecule has 0 unspecified atom stereocenters. The number of primary amides is 1. The molecule has 2 N–H and O–H groups in total. The monoisotopic (exact) mass is 295 g/mol. The van der Waals surface area contributed by atoms with Crippen molar-refractivity contribution in [3.05, 3.63) is 35.6 Å². The highest BCUT2D eigenvalue weighted by Gasteiger charge is 2.27. The van der Waals surface area contributed by atoms with Crippen LogP contribution in [-0.4, -0.2) is 61.6 Å². The SMILES string of the molecule is CN(CCN1CCOC[C@@H]1C(N)=O)Cc1ccc(F)cc1. The van der Waals surface area contributed by atoms with Gasteiger partial charge in [0, 0.05) is 26.2 Å². The maximum Gasteiger partial charge on any atom is 0.237 e. The Kier molecular flexibility index (Phi) is 5.67. The summed E-state index contributed by atoms with van der Waals surface area (Å²) in [5.41, 5.74) is 6.45. The number of hydrogen-bond donors (Lipinski definition) is 1. The van der Waals surface area contributed by atoms with Gasteiger partial charge in [-0.2, -0.15) is 0 Å². The Morgan fingerprint density at radius 1 is 1.48 bits per heavy atom. The van der Waals surface area contributed by atoms with E-state index >= 15 is 0 Å². The van der Waals surface area contributed by atoms with Crippen LogP contribution in [0, 0.1) is 5.82 Å². The molecule has 1 atom stereocenters. The van der Waals surface area contributed by atoms with Crippen LogP contribution >= 0.6 is 0 Å². The van der Waals surface area contributed by atoms with E-state index in [-0.39, 0.29) is 17.8 Å². The summed E-state index contributed by atoms with van der Waals surface area (Å²) in [7, 11) is 2.00. The fourth-order valence-electron chi connectivity index (χ4n) is 2.45. The maximum atomic E-state index is 12.9. The highest BCUT2D eigenvalue weighted by atomic mass is 19.1. The molecule has 1 aliphatic rings. The molecule has 1 fully saturated rings. The summed E-state index contributed by atoms with van der Waals surface area (Å²) >= 11 is 0. The molecule has 1 aromatic carbocycles. The van der Waals surface area contributed by atoms with Crippen LogP contribution in [0.25, 0.3) is 0 Å². The molecular weight excluding hydrogens is 273 g/mol. The molecule has 21 heavy (non-hydrogen) atoms. The molecule has 0 aromatic heterocycles. The Balaban J connectivity index is 1.81. The van der Waals surface area contributed by atoms with Gasteiger partial charge in [0.15, 0.2) is 0 Å². The number of amides is 1. The Morgan fingerprint density at radius 3 is 2.86 bits per heavy atom. The van der Waals surface area contributed by atoms with Crippen molar-refractivity contribution in [3.63, 3.8) is 0 Å². The van der Waals surface area contributed by atoms with Gasteiger partial charge in [-0.3, -0.25) is 9.69 Å². The lowest BCUT2D eigenvalue weighted by atomic mass is 10.2. The third-order valence-corrected chi connectivity index (χ3v) is 3.70. The zero-order valence-corrected chi connectivity index (χ0v) is 12.3. The second-order valence-corrected chi connectivity index (χ2v) is 5.39. The summed E-state index contributed by atoms with van der Waals surface area (Å²) < 4.78 is 18.2. The normalized spacial score (nSPS) is 19.9. The summed E-state index contributed by atoms with van der Waals surface area (Å²) in [5.74, 6) is -0.560. The van der Waals surface area contributed by atoms with Crippen molar-refractivity contribution in [2.24, 2.45) is 5.73 Å². The van der Waals surface area contributed by atoms with E-state index in [1.54, 1.807) is 12.1 Å². The second kappa shape index (κ2) is 7.49. The van der Waals surface area contributed by atoms with E-state index in [0.29, 0.717) is 13.2 Å². The zero-order valence-electron chi connectivity index (χ0n) is 12.3. The van der Waals surface area contributed by atoms with Gasteiger partial charge in [0.05, 0.1) is 13.2 Å². The molecule has 1 aromatic rings. The van der Waals surface area contributed by atoms with Crippen molar-refractivity contribution in [2.75, 3.05) is 39.9 Å². The van der Waals surface area contributed by atoms with Crippen LogP contribution in [0.15, 0.2) is 24.3 Å². The van der Waals surface area contributed by atoms with Crippen molar-refractivity contribution in [1.29, 1.82) is 0 Å². The van der Waals surface area contributed by atoms with E-state index in [1.165, 1.54) is 12.1 Å². The summed E-state index contributed by atoms with van der Waals surface area (Å²) in [5, 5.41) is 0. The van der Waals surface area contributed by atoms with Crippen molar-refractivity contribution in [1.82, 2.24) is 9.80 Å². The van der Waals surface area contributed by atoms with Crippen molar-refractivity contribution in [3.8, 4) is 0 Å². The van der Waals surface area contributed by atoms with Crippen molar-refractivity contribution in [2.45, 2.75) is 12.6 Å². The van der Waals surface area contributed by atoms with Crippen molar-refractivity contribution < 1.29 is 13.9 Å². The average molecular weight is 295 g/mol. The van der Waals surface area contributed by atoms with Gasteiger partial charge in [0.25, 0.3) is 0 Å². The molecule has 6 heteroatoms. The first-order chi connectivity index (χ1) is 10.1. The van der Waals surface area contributed by atoms with Gasteiger partial charge in [-0.15, -0.1) is 0 Å². The summed E-state index contributed by atoms with van der Waals surface area (Å²) in [6.45, 7) is 4.03. The van der Waals surface area contributed by atoms with Gasteiger partial charge in [0.2, 0.25) is 5.91 Å². The fraction of sp³-hybridized carbons (Fsp3) is 0.533. The molecule has 0 bridgehead atoms. The second-order valence-electron chi connectivity index (χ2n) is 5.39. The van der Waals surface area contributed by atoms with Crippen LogP contribution in [0.1, 0.15) is 5.56 Å². The van der Waals surface area contributed by atoms with Crippen LogP contribution < -0.4 is 5.73 Å². The van der Waals surface area contributed by atoms with E-state index in [9.17, 15) is 9.18 Å². The Bertz CT molecular complexity index is 466. The zero-order chi connectivity index (χ0) is 15.2. The maximum absolute atomic E-state index is 12.9. The molecule has 0 aliphatic carbocycles. The number of morpholine rings is 1. The van der Waals surface area contributed by atoms with Gasteiger partial charge in [-0.1, -0.05) is 12.1 Å². The largest absolute Gasteiger partial charge is 0.378 e. The average Bonchev–Trinajstić information content (AvgIpc) is 2.48. The van der Waals surface area contributed by atoms with Gasteiger partial charge >= 0.3 is 0 Å². The predicted molar refractivity (Wildman–Crippen MR) is 78.1 cm³/mol. The number of hydrogen-bond acceptors (Lipinski definition) is 4. The Morgan fingerprint density at radius 2 is 2.19 bits per heavy atom. The number of rotatable bonds is 6. The third kappa shape index (κ3) is 4.77. The van der Waals surface area contributed by atoms with Crippen molar-refractivity contribution >= 4 is 5.91 Å². The number of halogens is 1. The van der Waals surface area contributed by atoms with Gasteiger partial charge in [-0.25, -0.2) is 4.39 Å². The number of likely N-dealkylation sites (N-methyl/N-ethyl adjacent to an activating group) is 1. The minimum Gasteiger partial charge on any atom is -0.378 e. The molecule has 2 rings (SSSR count). The number of nitrogens with zero attached hydrogens (tertiary/aromatic N) is 2. The summed E-state index contributed by atoms with van der Waals surface area (Å²) in [4.78, 5) is 15.6. The molecule has 0 radical (unpaired) electrons. The van der Waals surface area contributed by atoms with Crippen LogP contribution in [0.2, 0.25) is 0 Å². The third-order valence-electron chi connectivity index (χ3n) is 3.70. The van der Waals surface area contributed by atoms with E-state index in [4.69, 9.17) is 10.5 Å². The summed E-state index contributed by atoms with van der Waals surface area (Å²) in [6.07, 6.45) is 0. The highest BCUT2D eigenvalue weighted by Crippen LogP contribution is 2.08.